The van der Waals surface area contributed by atoms with E-state index in [-0.39, 0.29) is 12.0 Å². The molecule has 4 heteroatoms. The van der Waals surface area contributed by atoms with E-state index in [0.29, 0.717) is 5.56 Å². The van der Waals surface area contributed by atoms with Crippen molar-refractivity contribution in [2.24, 2.45) is 0 Å². The molecule has 4 nitrogen and oxygen atoms in total. The van der Waals surface area contributed by atoms with E-state index in [0.717, 1.165) is 42.6 Å². The van der Waals surface area contributed by atoms with E-state index in [1.54, 1.807) is 0 Å². The van der Waals surface area contributed by atoms with Gasteiger partial charge in [0.2, 0.25) is 0 Å². The molecule has 24 heavy (non-hydrogen) atoms. The Morgan fingerprint density at radius 2 is 2.00 bits per heavy atom. The molecule has 0 bridgehead atoms. The quantitative estimate of drug-likeness (QED) is 0.811. The third-order valence-electron chi connectivity index (χ3n) is 4.54. The van der Waals surface area contributed by atoms with Gasteiger partial charge < -0.3 is 4.74 Å². The second kappa shape index (κ2) is 7.29. The molecule has 1 heterocycles. The van der Waals surface area contributed by atoms with Crippen LogP contribution in [0.5, 0.6) is 0 Å². The average Bonchev–Trinajstić information content (AvgIpc) is 3.10. The molecule has 2 aromatic rings. The number of nitriles is 1. The number of ether oxygens (including phenoxy) is 1. The highest BCUT2D eigenvalue weighted by Gasteiger charge is 2.31. The number of carbonyl (C=O) groups excluding carboxylic acids is 1. The van der Waals surface area contributed by atoms with Gasteiger partial charge in [-0.25, -0.2) is 0 Å². The number of esters is 1. The van der Waals surface area contributed by atoms with Crippen LogP contribution in [0.2, 0.25) is 0 Å². The average molecular weight is 320 g/mol. The maximum atomic E-state index is 11.8. The third kappa shape index (κ3) is 3.32. The lowest BCUT2D eigenvalue weighted by Gasteiger charge is -2.22. The van der Waals surface area contributed by atoms with E-state index >= 15 is 0 Å². The summed E-state index contributed by atoms with van der Waals surface area (Å²) < 4.78 is 4.89. The molecule has 0 radical (unpaired) electrons. The summed E-state index contributed by atoms with van der Waals surface area (Å²) in [4.78, 5) is 14.0. The van der Waals surface area contributed by atoms with Crippen LogP contribution in [0.3, 0.4) is 0 Å². The predicted octanol–water partition coefficient (Wildman–Crippen LogP) is 3.36. The van der Waals surface area contributed by atoms with Gasteiger partial charge in [0.15, 0.2) is 0 Å². The van der Waals surface area contributed by atoms with Crippen molar-refractivity contribution >= 4 is 5.97 Å². The molecular formula is C20H20N2O2. The summed E-state index contributed by atoms with van der Waals surface area (Å²) in [5.41, 5.74) is 3.81. The Hall–Kier alpha value is -2.64. The predicted molar refractivity (Wildman–Crippen MR) is 92.0 cm³/mol. The normalized spacial score (nSPS) is 17.4. The first-order chi connectivity index (χ1) is 11.7. The maximum Gasteiger partial charge on any atom is 0.323 e. The molecule has 1 aliphatic heterocycles. The van der Waals surface area contributed by atoms with Crippen LogP contribution in [-0.4, -0.2) is 30.6 Å². The van der Waals surface area contributed by atoms with Crippen LogP contribution in [0.15, 0.2) is 48.5 Å². The Bertz CT molecular complexity index is 762. The van der Waals surface area contributed by atoms with E-state index in [1.807, 2.05) is 36.4 Å². The summed E-state index contributed by atoms with van der Waals surface area (Å²) in [6, 6.07) is 17.9. The highest BCUT2D eigenvalue weighted by atomic mass is 16.5. The fourth-order valence-electron chi connectivity index (χ4n) is 3.27. The van der Waals surface area contributed by atoms with E-state index in [9.17, 15) is 10.1 Å². The van der Waals surface area contributed by atoms with Crippen molar-refractivity contribution in [3.63, 3.8) is 0 Å². The number of nitrogens with zero attached hydrogens (tertiary/aromatic N) is 2. The van der Waals surface area contributed by atoms with Gasteiger partial charge in [-0.1, -0.05) is 42.5 Å². The largest absolute Gasteiger partial charge is 0.468 e. The van der Waals surface area contributed by atoms with Crippen molar-refractivity contribution in [1.29, 1.82) is 5.26 Å². The number of hydrogen-bond acceptors (Lipinski definition) is 4. The van der Waals surface area contributed by atoms with Crippen LogP contribution in [0.1, 0.15) is 24.0 Å². The molecule has 0 aromatic heterocycles. The van der Waals surface area contributed by atoms with Gasteiger partial charge in [-0.3, -0.25) is 9.69 Å². The van der Waals surface area contributed by atoms with Crippen LogP contribution < -0.4 is 0 Å². The molecular weight excluding hydrogens is 300 g/mol. The van der Waals surface area contributed by atoms with Crippen LogP contribution in [0, 0.1) is 11.3 Å². The molecule has 1 aliphatic rings. The SMILES string of the molecule is COC(=O)C1CCCN1Cc1ccc(-c2ccccc2C#N)cc1. The molecule has 2 aromatic carbocycles. The molecule has 1 saturated heterocycles. The minimum absolute atomic E-state index is 0.131. The Kier molecular flexibility index (Phi) is 4.93. The molecule has 1 fully saturated rings. The topological polar surface area (TPSA) is 53.3 Å². The van der Waals surface area contributed by atoms with Gasteiger partial charge >= 0.3 is 5.97 Å². The van der Waals surface area contributed by atoms with Crippen molar-refractivity contribution in [2.75, 3.05) is 13.7 Å². The van der Waals surface area contributed by atoms with E-state index < -0.39 is 0 Å². The Morgan fingerprint density at radius 3 is 2.71 bits per heavy atom. The van der Waals surface area contributed by atoms with Gasteiger partial charge in [0.1, 0.15) is 6.04 Å². The highest BCUT2D eigenvalue weighted by Crippen LogP contribution is 2.25. The van der Waals surface area contributed by atoms with Crippen LogP contribution in [0.4, 0.5) is 0 Å². The number of hydrogen-bond donors (Lipinski definition) is 0. The van der Waals surface area contributed by atoms with Crippen molar-refractivity contribution in [1.82, 2.24) is 4.90 Å². The summed E-state index contributed by atoms with van der Waals surface area (Å²) in [7, 11) is 1.44. The summed E-state index contributed by atoms with van der Waals surface area (Å²) in [5, 5.41) is 9.23. The zero-order chi connectivity index (χ0) is 16.9. The van der Waals surface area contributed by atoms with E-state index in [1.165, 1.54) is 7.11 Å². The zero-order valence-electron chi connectivity index (χ0n) is 13.7. The summed E-state index contributed by atoms with van der Waals surface area (Å²) in [6.07, 6.45) is 1.88. The van der Waals surface area contributed by atoms with Crippen LogP contribution in [0.25, 0.3) is 11.1 Å². The van der Waals surface area contributed by atoms with Gasteiger partial charge in [-0.15, -0.1) is 0 Å². The molecule has 3 rings (SSSR count). The number of benzene rings is 2. The Labute approximate surface area is 142 Å². The van der Waals surface area contributed by atoms with Crippen molar-refractivity contribution in [3.8, 4) is 17.2 Å². The first-order valence-corrected chi connectivity index (χ1v) is 8.13. The van der Waals surface area contributed by atoms with Gasteiger partial charge in [0.25, 0.3) is 0 Å². The second-order valence-corrected chi connectivity index (χ2v) is 6.01. The van der Waals surface area contributed by atoms with Gasteiger partial charge in [0.05, 0.1) is 18.7 Å². The number of likely N-dealkylation sites (tertiary alicyclic amines) is 1. The minimum atomic E-state index is -0.146. The van der Waals surface area contributed by atoms with Gasteiger partial charge in [-0.05, 0) is 42.1 Å². The highest BCUT2D eigenvalue weighted by molar-refractivity contribution is 5.76. The van der Waals surface area contributed by atoms with E-state index in [4.69, 9.17) is 4.74 Å². The fraction of sp³-hybridized carbons (Fsp3) is 0.300. The molecule has 0 saturated carbocycles. The third-order valence-corrected chi connectivity index (χ3v) is 4.54. The second-order valence-electron chi connectivity index (χ2n) is 6.01. The molecule has 1 atom stereocenters. The van der Waals surface area contributed by atoms with Crippen molar-refractivity contribution in [2.45, 2.75) is 25.4 Å². The Balaban J connectivity index is 1.76. The zero-order valence-corrected chi connectivity index (χ0v) is 13.7. The molecule has 122 valence electrons. The molecule has 0 spiro atoms. The smallest absolute Gasteiger partial charge is 0.323 e. The fourth-order valence-corrected chi connectivity index (χ4v) is 3.27. The van der Waals surface area contributed by atoms with Gasteiger partial charge in [-0.2, -0.15) is 5.26 Å². The molecule has 1 unspecified atom stereocenters. The van der Waals surface area contributed by atoms with Crippen molar-refractivity contribution in [3.05, 3.63) is 59.7 Å². The molecule has 0 aliphatic carbocycles. The summed E-state index contributed by atoms with van der Waals surface area (Å²) in [6.45, 7) is 1.65. The Morgan fingerprint density at radius 1 is 1.25 bits per heavy atom. The summed E-state index contributed by atoms with van der Waals surface area (Å²) >= 11 is 0. The number of methoxy groups -OCH3 is 1. The standard InChI is InChI=1S/C20H20N2O2/c1-24-20(23)19-7-4-12-22(19)14-15-8-10-16(11-9-15)18-6-3-2-5-17(18)13-21/h2-3,5-6,8-11,19H,4,7,12,14H2,1H3. The lowest BCUT2D eigenvalue weighted by molar-refractivity contribution is -0.146. The first kappa shape index (κ1) is 16.2. The minimum Gasteiger partial charge on any atom is -0.468 e. The monoisotopic (exact) mass is 320 g/mol. The van der Waals surface area contributed by atoms with E-state index in [2.05, 4.69) is 23.1 Å². The number of rotatable bonds is 4. The van der Waals surface area contributed by atoms with Gasteiger partial charge in [0, 0.05) is 6.54 Å². The molecule has 0 amide bonds. The first-order valence-electron chi connectivity index (χ1n) is 8.13. The van der Waals surface area contributed by atoms with Crippen LogP contribution >= 0.6 is 0 Å². The molecule has 0 N–H and O–H groups in total. The lowest BCUT2D eigenvalue weighted by Crippen LogP contribution is -2.36. The van der Waals surface area contributed by atoms with Crippen molar-refractivity contribution < 1.29 is 9.53 Å². The number of carbonyl (C=O) groups is 1. The lowest BCUT2D eigenvalue weighted by atomic mass is 9.99. The maximum absolute atomic E-state index is 11.8. The van der Waals surface area contributed by atoms with Crippen LogP contribution in [-0.2, 0) is 16.1 Å². The summed E-state index contributed by atoms with van der Waals surface area (Å²) in [5.74, 6) is -0.146.